The van der Waals surface area contributed by atoms with Gasteiger partial charge in [-0.1, -0.05) is 52.0 Å². The van der Waals surface area contributed by atoms with E-state index in [1.165, 1.54) is 7.05 Å². The highest BCUT2D eigenvalue weighted by Gasteiger charge is 2.48. The third kappa shape index (κ3) is 6.22. The molecule has 0 spiro atoms. The Kier molecular flexibility index (Phi) is 9.16. The van der Waals surface area contributed by atoms with Crippen LogP contribution >= 0.6 is 8.03 Å². The van der Waals surface area contributed by atoms with E-state index in [4.69, 9.17) is 0 Å². The van der Waals surface area contributed by atoms with Crippen LogP contribution in [0.3, 0.4) is 0 Å². The molecule has 0 bridgehead atoms. The van der Waals surface area contributed by atoms with Gasteiger partial charge in [0.05, 0.1) is 0 Å². The fourth-order valence-electron chi connectivity index (χ4n) is 4.91. The first kappa shape index (κ1) is 28.4. The summed E-state index contributed by atoms with van der Waals surface area (Å²) in [5.41, 5.74) is 0.548. The van der Waals surface area contributed by atoms with E-state index < -0.39 is 43.5 Å². The first-order chi connectivity index (χ1) is 17.5. The Bertz CT molecular complexity index is 1180. The van der Waals surface area contributed by atoms with E-state index in [0.29, 0.717) is 18.2 Å². The molecule has 4 amide bonds. The molecule has 9 nitrogen and oxygen atoms in total. The second-order valence-corrected chi connectivity index (χ2v) is 11.5. The number of likely N-dealkylation sites (N-methyl/N-ethyl adjacent to an activating group) is 1. The van der Waals surface area contributed by atoms with Crippen LogP contribution in [0.25, 0.3) is 10.8 Å². The van der Waals surface area contributed by atoms with E-state index in [1.54, 1.807) is 36.4 Å². The van der Waals surface area contributed by atoms with Gasteiger partial charge in [0.15, 0.2) is 0 Å². The van der Waals surface area contributed by atoms with Gasteiger partial charge in [-0.2, -0.15) is 4.89 Å². The van der Waals surface area contributed by atoms with E-state index in [-0.39, 0.29) is 35.3 Å². The monoisotopic (exact) mass is 528 g/mol. The van der Waals surface area contributed by atoms with E-state index in [2.05, 4.69) is 10.6 Å². The molecule has 0 aromatic heterocycles. The summed E-state index contributed by atoms with van der Waals surface area (Å²) in [7, 11) is -1.55. The normalized spacial score (nSPS) is 16.1. The Labute approximate surface area is 217 Å². The quantitative estimate of drug-likeness (QED) is 0.300. The third-order valence-electron chi connectivity index (χ3n) is 6.56. The van der Waals surface area contributed by atoms with Gasteiger partial charge in [0.2, 0.25) is 11.8 Å². The van der Waals surface area contributed by atoms with E-state index in [0.717, 1.165) is 10.3 Å². The Morgan fingerprint density at radius 2 is 1.43 bits per heavy atom. The van der Waals surface area contributed by atoms with Gasteiger partial charge in [0.1, 0.15) is 6.04 Å². The molecule has 1 heterocycles. The van der Waals surface area contributed by atoms with Crippen molar-refractivity contribution in [3.05, 3.63) is 47.5 Å². The molecule has 0 saturated heterocycles. The summed E-state index contributed by atoms with van der Waals surface area (Å²) in [6.45, 7) is 7.69. The van der Waals surface area contributed by atoms with Gasteiger partial charge in [-0.05, 0) is 46.8 Å². The summed E-state index contributed by atoms with van der Waals surface area (Å²) in [6.07, 6.45) is 0.560. The van der Waals surface area contributed by atoms with Crippen LogP contribution in [0, 0.1) is 17.8 Å². The Morgan fingerprint density at radius 3 is 1.89 bits per heavy atom. The summed E-state index contributed by atoms with van der Waals surface area (Å²) < 4.78 is 12.6. The first-order valence-electron chi connectivity index (χ1n) is 12.5. The molecule has 0 fully saturated rings. The molecule has 2 aromatic carbocycles. The van der Waals surface area contributed by atoms with Gasteiger partial charge in [-0.25, -0.2) is 4.90 Å². The first-order valence-corrected chi connectivity index (χ1v) is 13.8. The Hall–Kier alpha value is -3.16. The summed E-state index contributed by atoms with van der Waals surface area (Å²) in [5.74, 6) is -4.14. The topological polar surface area (TPSA) is 133 Å². The van der Waals surface area contributed by atoms with Gasteiger partial charge in [0.25, 0.3) is 17.6 Å². The molecule has 10 heteroatoms. The second kappa shape index (κ2) is 11.9. The lowest BCUT2D eigenvalue weighted by Crippen LogP contribution is -2.50. The number of amides is 4. The lowest BCUT2D eigenvalue weighted by atomic mass is 9.90. The molecule has 3 N–H and O–H groups in total. The highest BCUT2D eigenvalue weighted by atomic mass is 31.1. The maximum atomic E-state index is 13.5. The maximum Gasteiger partial charge on any atom is 0.531 e. The number of nitrogens with zero attached hydrogens (tertiary/aromatic N) is 1. The number of hydrogen-bond acceptors (Lipinski definition) is 5. The minimum Gasteiger partial charge on any atom is -0.357 e. The van der Waals surface area contributed by atoms with Crippen molar-refractivity contribution in [2.75, 3.05) is 7.05 Å². The highest BCUT2D eigenvalue weighted by molar-refractivity contribution is 7.38. The molecule has 0 radical (unpaired) electrons. The predicted molar refractivity (Wildman–Crippen MR) is 141 cm³/mol. The highest BCUT2D eigenvalue weighted by Crippen LogP contribution is 2.39. The van der Waals surface area contributed by atoms with Crippen molar-refractivity contribution < 1.29 is 28.6 Å². The lowest BCUT2D eigenvalue weighted by molar-refractivity contribution is -0.131. The summed E-state index contributed by atoms with van der Waals surface area (Å²) >= 11 is 0. The van der Waals surface area contributed by atoms with Crippen molar-refractivity contribution in [3.8, 4) is 0 Å². The summed E-state index contributed by atoms with van der Waals surface area (Å²) in [6, 6.07) is 9.40. The van der Waals surface area contributed by atoms with Crippen molar-refractivity contribution in [2.45, 2.75) is 58.8 Å². The van der Waals surface area contributed by atoms with Crippen LogP contribution in [-0.4, -0.2) is 52.3 Å². The average molecular weight is 529 g/mol. The molecule has 0 saturated carbocycles. The average Bonchev–Trinajstić information content (AvgIpc) is 2.84. The van der Waals surface area contributed by atoms with Crippen LogP contribution in [0.15, 0.2) is 36.4 Å². The zero-order valence-corrected chi connectivity index (χ0v) is 22.7. The number of nitrogens with one attached hydrogen (secondary N) is 2. The molecule has 37 heavy (non-hydrogen) atoms. The van der Waals surface area contributed by atoms with Crippen molar-refractivity contribution in [1.82, 2.24) is 15.5 Å². The molecular weight excluding hydrogens is 493 g/mol. The van der Waals surface area contributed by atoms with Crippen molar-refractivity contribution in [1.29, 1.82) is 0 Å². The van der Waals surface area contributed by atoms with Crippen LogP contribution in [0.2, 0.25) is 0 Å². The van der Waals surface area contributed by atoms with Gasteiger partial charge >= 0.3 is 8.03 Å². The molecule has 198 valence electrons. The minimum absolute atomic E-state index is 0.0405. The van der Waals surface area contributed by atoms with E-state index in [9.17, 15) is 28.6 Å². The van der Waals surface area contributed by atoms with Crippen LogP contribution in [0.5, 0.6) is 0 Å². The number of imide groups is 1. The SMILES string of the molecule is CNC(=O)[C@H](CC(C)C)NC(=O)C(CC(C)C)CC(N1C(=O)c2cccc3cccc(c23)C1=O)[P+](=O)O. The number of carbonyl (C=O) groups excluding carboxylic acids is 4. The molecule has 1 aliphatic heterocycles. The number of rotatable bonds is 11. The molecule has 3 rings (SSSR count). The summed E-state index contributed by atoms with van der Waals surface area (Å²) in [5, 5.41) is 6.59. The summed E-state index contributed by atoms with van der Waals surface area (Å²) in [4.78, 5) is 63.9. The van der Waals surface area contributed by atoms with Gasteiger partial charge in [-0.3, -0.25) is 19.2 Å². The van der Waals surface area contributed by atoms with Crippen LogP contribution < -0.4 is 10.6 Å². The fourth-order valence-corrected chi connectivity index (χ4v) is 5.76. The van der Waals surface area contributed by atoms with Gasteiger partial charge in [0, 0.05) is 35.9 Å². The number of benzene rings is 2. The third-order valence-corrected chi connectivity index (χ3v) is 7.52. The predicted octanol–water partition coefficient (Wildman–Crippen LogP) is 3.83. The molecule has 4 atom stereocenters. The Morgan fingerprint density at radius 1 is 0.892 bits per heavy atom. The van der Waals surface area contributed by atoms with Crippen LogP contribution in [0.1, 0.15) is 67.7 Å². The Balaban J connectivity index is 1.95. The van der Waals surface area contributed by atoms with Crippen molar-refractivity contribution in [2.24, 2.45) is 17.8 Å². The van der Waals surface area contributed by atoms with Crippen molar-refractivity contribution >= 4 is 42.4 Å². The maximum absolute atomic E-state index is 13.5. The van der Waals surface area contributed by atoms with Crippen molar-refractivity contribution in [3.63, 3.8) is 0 Å². The molecular formula is C27H35N3O6P+. The zero-order valence-electron chi connectivity index (χ0n) is 21.9. The van der Waals surface area contributed by atoms with Gasteiger partial charge < -0.3 is 10.6 Å². The molecule has 2 aromatic rings. The second-order valence-electron chi connectivity index (χ2n) is 10.3. The number of hydrogen-bond donors (Lipinski definition) is 3. The van der Waals surface area contributed by atoms with Crippen LogP contribution in [-0.2, 0) is 14.2 Å². The van der Waals surface area contributed by atoms with E-state index >= 15 is 0 Å². The minimum atomic E-state index is -3.05. The van der Waals surface area contributed by atoms with Gasteiger partial charge in [-0.15, -0.1) is 0 Å². The van der Waals surface area contributed by atoms with Crippen LogP contribution in [0.4, 0.5) is 0 Å². The molecule has 1 aliphatic rings. The lowest BCUT2D eigenvalue weighted by Gasteiger charge is -2.30. The fraction of sp³-hybridized carbons (Fsp3) is 0.481. The molecule has 0 aliphatic carbocycles. The van der Waals surface area contributed by atoms with E-state index in [1.807, 2.05) is 27.7 Å². The largest absolute Gasteiger partial charge is 0.531 e. The molecule has 3 unspecified atom stereocenters. The number of carbonyl (C=O) groups is 4. The zero-order chi connectivity index (χ0) is 27.4. The standard InChI is InChI=1S/C27H34N3O6P/c1-15(2)12-18(24(31)29-21(13-16(3)4)25(32)28-5)14-22(37(35)36)30-26(33)19-10-6-8-17-9-7-11-20(23(17)19)27(30)34/h6-11,15-16,18,21-22H,12-14H2,1-5H3,(H2-,28,29,31,32,35,36)/p+1/t18?,21-,22?/m0/s1. The smallest absolute Gasteiger partial charge is 0.357 e.